The molecule has 6 nitrogen and oxygen atoms in total. The van der Waals surface area contributed by atoms with Crippen molar-refractivity contribution in [2.45, 2.75) is 19.8 Å². The summed E-state index contributed by atoms with van der Waals surface area (Å²) in [6, 6.07) is 9.66. The molecule has 0 bridgehead atoms. The molecule has 0 unspecified atom stereocenters. The fraction of sp³-hybridized carbons (Fsp3) is 0.250. The van der Waals surface area contributed by atoms with Gasteiger partial charge in [-0.15, -0.1) is 0 Å². The number of ether oxygens (including phenoxy) is 1. The number of benzene rings is 1. The van der Waals surface area contributed by atoms with Crippen molar-refractivity contribution in [2.75, 3.05) is 6.61 Å². The summed E-state index contributed by atoms with van der Waals surface area (Å²) >= 11 is 0. The standard InChI is InChI=1S/C16H16N2O4/c1-2-22-16(21)14(20)9-13(19)12-10-17-15(18-12)8-11-6-4-3-5-7-11/h3-7,10H,2,8-9H2,1H3,(H,17,18). The van der Waals surface area contributed by atoms with Crippen molar-refractivity contribution in [3.05, 3.63) is 53.6 Å². The lowest BCUT2D eigenvalue weighted by Gasteiger charge is -1.99. The highest BCUT2D eigenvalue weighted by Crippen LogP contribution is 2.08. The third-order valence-electron chi connectivity index (χ3n) is 2.97. The van der Waals surface area contributed by atoms with Gasteiger partial charge in [0.15, 0.2) is 5.78 Å². The third-order valence-corrected chi connectivity index (χ3v) is 2.97. The average molecular weight is 300 g/mol. The number of Topliss-reactive ketones (excluding diaryl/α,β-unsaturated/α-hetero) is 2. The van der Waals surface area contributed by atoms with Crippen LogP contribution in [0.2, 0.25) is 0 Å². The van der Waals surface area contributed by atoms with E-state index < -0.39 is 24.0 Å². The highest BCUT2D eigenvalue weighted by atomic mass is 16.5. The maximum atomic E-state index is 11.9. The molecule has 0 aliphatic carbocycles. The van der Waals surface area contributed by atoms with Crippen molar-refractivity contribution in [1.29, 1.82) is 0 Å². The summed E-state index contributed by atoms with van der Waals surface area (Å²) in [7, 11) is 0. The van der Waals surface area contributed by atoms with Crippen LogP contribution in [0.5, 0.6) is 0 Å². The maximum Gasteiger partial charge on any atom is 0.375 e. The first-order valence-electron chi connectivity index (χ1n) is 6.91. The predicted octanol–water partition coefficient (Wildman–Crippen LogP) is 1.71. The van der Waals surface area contributed by atoms with E-state index in [4.69, 9.17) is 0 Å². The second-order valence-electron chi connectivity index (χ2n) is 4.65. The normalized spacial score (nSPS) is 10.2. The molecular formula is C16H16N2O4. The highest BCUT2D eigenvalue weighted by Gasteiger charge is 2.21. The Bertz CT molecular complexity index is 676. The molecule has 0 amide bonds. The first-order valence-corrected chi connectivity index (χ1v) is 6.91. The number of nitrogens with zero attached hydrogens (tertiary/aromatic N) is 1. The van der Waals surface area contributed by atoms with Gasteiger partial charge in [-0.3, -0.25) is 9.59 Å². The molecule has 1 aromatic carbocycles. The van der Waals surface area contributed by atoms with Gasteiger partial charge in [-0.2, -0.15) is 0 Å². The number of aromatic nitrogens is 2. The molecule has 0 saturated heterocycles. The lowest BCUT2D eigenvalue weighted by Crippen LogP contribution is -2.20. The molecule has 0 aliphatic heterocycles. The fourth-order valence-electron chi connectivity index (χ4n) is 1.91. The van der Waals surface area contributed by atoms with Gasteiger partial charge in [0.25, 0.3) is 0 Å². The largest absolute Gasteiger partial charge is 0.460 e. The van der Waals surface area contributed by atoms with Gasteiger partial charge >= 0.3 is 5.97 Å². The summed E-state index contributed by atoms with van der Waals surface area (Å²) in [6.07, 6.45) is 1.41. The van der Waals surface area contributed by atoms with Crippen molar-refractivity contribution < 1.29 is 19.1 Å². The summed E-state index contributed by atoms with van der Waals surface area (Å²) in [5, 5.41) is 0. The molecule has 0 saturated carbocycles. The van der Waals surface area contributed by atoms with Crippen molar-refractivity contribution in [1.82, 2.24) is 9.97 Å². The summed E-state index contributed by atoms with van der Waals surface area (Å²) in [6.45, 7) is 1.70. The van der Waals surface area contributed by atoms with Crippen molar-refractivity contribution >= 4 is 17.5 Å². The zero-order valence-corrected chi connectivity index (χ0v) is 12.2. The Morgan fingerprint density at radius 3 is 2.59 bits per heavy atom. The van der Waals surface area contributed by atoms with E-state index in [0.29, 0.717) is 12.2 Å². The van der Waals surface area contributed by atoms with Crippen LogP contribution in [0, 0.1) is 0 Å². The molecule has 2 rings (SSSR count). The Kier molecular flexibility index (Phi) is 5.19. The zero-order valence-electron chi connectivity index (χ0n) is 12.2. The van der Waals surface area contributed by atoms with E-state index in [9.17, 15) is 14.4 Å². The number of hydrogen-bond donors (Lipinski definition) is 1. The summed E-state index contributed by atoms with van der Waals surface area (Å²) < 4.78 is 4.56. The predicted molar refractivity (Wildman–Crippen MR) is 78.4 cm³/mol. The molecule has 0 radical (unpaired) electrons. The Morgan fingerprint density at radius 2 is 1.91 bits per heavy atom. The number of imidazole rings is 1. The average Bonchev–Trinajstić information content (AvgIpc) is 2.97. The molecule has 2 aromatic rings. The highest BCUT2D eigenvalue weighted by molar-refractivity contribution is 6.38. The Morgan fingerprint density at radius 1 is 1.18 bits per heavy atom. The van der Waals surface area contributed by atoms with E-state index in [1.165, 1.54) is 6.20 Å². The lowest BCUT2D eigenvalue weighted by molar-refractivity contribution is -0.153. The minimum atomic E-state index is -0.986. The van der Waals surface area contributed by atoms with E-state index in [-0.39, 0.29) is 12.3 Å². The SMILES string of the molecule is CCOC(=O)C(=O)CC(=O)c1cnc(Cc2ccccc2)[nH]1. The molecule has 1 aromatic heterocycles. The van der Waals surface area contributed by atoms with Crippen LogP contribution in [-0.2, 0) is 20.7 Å². The topological polar surface area (TPSA) is 89.1 Å². The number of ketones is 2. The number of carbonyl (C=O) groups is 3. The van der Waals surface area contributed by atoms with Crippen LogP contribution in [0.4, 0.5) is 0 Å². The summed E-state index contributed by atoms with van der Waals surface area (Å²) in [5.74, 6) is -1.70. The Balaban J connectivity index is 1.97. The van der Waals surface area contributed by atoms with Gasteiger partial charge in [-0.25, -0.2) is 9.78 Å². The minimum Gasteiger partial charge on any atom is -0.460 e. The van der Waals surface area contributed by atoms with E-state index in [2.05, 4.69) is 14.7 Å². The van der Waals surface area contributed by atoms with Gasteiger partial charge in [-0.1, -0.05) is 30.3 Å². The molecule has 6 heteroatoms. The fourth-order valence-corrected chi connectivity index (χ4v) is 1.91. The number of hydrogen-bond acceptors (Lipinski definition) is 5. The van der Waals surface area contributed by atoms with Crippen molar-refractivity contribution in [3.63, 3.8) is 0 Å². The lowest BCUT2D eigenvalue weighted by atomic mass is 10.1. The van der Waals surface area contributed by atoms with Gasteiger partial charge in [0.05, 0.1) is 19.2 Å². The first-order chi connectivity index (χ1) is 10.6. The monoisotopic (exact) mass is 300 g/mol. The van der Waals surface area contributed by atoms with E-state index >= 15 is 0 Å². The molecule has 22 heavy (non-hydrogen) atoms. The smallest absolute Gasteiger partial charge is 0.375 e. The van der Waals surface area contributed by atoms with Crippen LogP contribution < -0.4 is 0 Å². The molecule has 1 heterocycles. The quantitative estimate of drug-likeness (QED) is 0.364. The number of H-pyrrole nitrogens is 1. The van der Waals surface area contributed by atoms with E-state index in [1.807, 2.05) is 30.3 Å². The molecule has 0 fully saturated rings. The minimum absolute atomic E-state index is 0.101. The van der Waals surface area contributed by atoms with Crippen molar-refractivity contribution in [3.8, 4) is 0 Å². The second kappa shape index (κ2) is 7.31. The maximum absolute atomic E-state index is 11.9. The molecule has 114 valence electrons. The molecule has 0 spiro atoms. The van der Waals surface area contributed by atoms with Gasteiger partial charge in [0.1, 0.15) is 11.5 Å². The summed E-state index contributed by atoms with van der Waals surface area (Å²) in [4.78, 5) is 41.6. The molecular weight excluding hydrogens is 284 g/mol. The van der Waals surface area contributed by atoms with Crippen LogP contribution in [-0.4, -0.2) is 34.1 Å². The molecule has 0 aliphatic rings. The van der Waals surface area contributed by atoms with Crippen LogP contribution in [0.15, 0.2) is 36.5 Å². The molecule has 0 atom stereocenters. The van der Waals surface area contributed by atoms with Gasteiger partial charge in [0.2, 0.25) is 5.78 Å². The Hall–Kier alpha value is -2.76. The number of rotatable bonds is 7. The third kappa shape index (κ3) is 4.12. The van der Waals surface area contributed by atoms with Gasteiger partial charge in [-0.05, 0) is 12.5 Å². The van der Waals surface area contributed by atoms with Crippen LogP contribution in [0.1, 0.15) is 35.2 Å². The molecule has 1 N–H and O–H groups in total. The van der Waals surface area contributed by atoms with Crippen LogP contribution >= 0.6 is 0 Å². The Labute approximate surface area is 127 Å². The van der Waals surface area contributed by atoms with Crippen molar-refractivity contribution in [2.24, 2.45) is 0 Å². The number of nitrogens with one attached hydrogen (secondary N) is 1. The second-order valence-corrected chi connectivity index (χ2v) is 4.65. The first kappa shape index (κ1) is 15.6. The van der Waals surface area contributed by atoms with Gasteiger partial charge in [0, 0.05) is 6.42 Å². The van der Waals surface area contributed by atoms with E-state index in [0.717, 1.165) is 5.56 Å². The summed E-state index contributed by atoms with van der Waals surface area (Å²) in [5.41, 5.74) is 1.27. The van der Waals surface area contributed by atoms with Crippen LogP contribution in [0.25, 0.3) is 0 Å². The number of carbonyl (C=O) groups excluding carboxylic acids is 3. The van der Waals surface area contributed by atoms with Crippen LogP contribution in [0.3, 0.4) is 0 Å². The van der Waals surface area contributed by atoms with Gasteiger partial charge < -0.3 is 9.72 Å². The zero-order chi connectivity index (χ0) is 15.9. The van der Waals surface area contributed by atoms with E-state index in [1.54, 1.807) is 6.92 Å². The number of esters is 1. The number of aromatic amines is 1.